The summed E-state index contributed by atoms with van der Waals surface area (Å²) in [6.45, 7) is 4.64. The highest BCUT2D eigenvalue weighted by atomic mass is 32.2. The lowest BCUT2D eigenvalue weighted by atomic mass is 10.1. The number of anilines is 1. The molecule has 3 rings (SSSR count). The third kappa shape index (κ3) is 4.92. The molecule has 144 valence electrons. The molecule has 9 heteroatoms. The molecular formula is C18H22N4O3S2. The Kier molecular flexibility index (Phi) is 6.57. The van der Waals surface area contributed by atoms with Crippen LogP contribution < -0.4 is 14.8 Å². The van der Waals surface area contributed by atoms with Crippen LogP contribution in [0.3, 0.4) is 0 Å². The number of nitrogens with zero attached hydrogens (tertiary/aromatic N) is 3. The van der Waals surface area contributed by atoms with E-state index >= 15 is 0 Å². The molecule has 0 unspecified atom stereocenters. The number of ether oxygens (including phenoxy) is 2. The first-order valence-corrected chi connectivity index (χ1v) is 10.2. The van der Waals surface area contributed by atoms with Gasteiger partial charge in [0.25, 0.3) is 0 Å². The van der Waals surface area contributed by atoms with E-state index in [1.54, 1.807) is 37.3 Å². The summed E-state index contributed by atoms with van der Waals surface area (Å²) in [6.07, 6.45) is 0.849. The molecule has 3 aromatic rings. The second kappa shape index (κ2) is 9.09. The molecule has 0 aliphatic rings. The molecule has 1 aromatic carbocycles. The zero-order valence-electron chi connectivity index (χ0n) is 15.7. The molecule has 0 saturated heterocycles. The molecule has 0 spiro atoms. The van der Waals surface area contributed by atoms with Crippen LogP contribution >= 0.6 is 23.1 Å². The highest BCUT2D eigenvalue weighted by Gasteiger charge is 2.12. The minimum absolute atomic E-state index is 0.735. The molecule has 0 amide bonds. The van der Waals surface area contributed by atoms with Crippen LogP contribution in [0.5, 0.6) is 11.5 Å². The van der Waals surface area contributed by atoms with Crippen molar-refractivity contribution in [2.24, 2.45) is 0 Å². The van der Waals surface area contributed by atoms with Crippen molar-refractivity contribution in [3.05, 3.63) is 40.8 Å². The highest BCUT2D eigenvalue weighted by Crippen LogP contribution is 2.30. The molecule has 1 N–H and O–H groups in total. The van der Waals surface area contributed by atoms with Crippen molar-refractivity contribution in [2.45, 2.75) is 30.4 Å². The SMILES string of the molecule is COc1ccc(CCNc2nnc(SCc3c(C)noc3C)s2)cc1OC. The van der Waals surface area contributed by atoms with Crippen molar-refractivity contribution in [2.75, 3.05) is 26.1 Å². The summed E-state index contributed by atoms with van der Waals surface area (Å²) in [6, 6.07) is 5.95. The van der Waals surface area contributed by atoms with Gasteiger partial charge in [-0.3, -0.25) is 0 Å². The van der Waals surface area contributed by atoms with Gasteiger partial charge in [-0.05, 0) is 38.0 Å². The van der Waals surface area contributed by atoms with Crippen LogP contribution in [0.25, 0.3) is 0 Å². The highest BCUT2D eigenvalue weighted by molar-refractivity contribution is 8.00. The molecule has 7 nitrogen and oxygen atoms in total. The summed E-state index contributed by atoms with van der Waals surface area (Å²) in [5, 5.41) is 16.6. The van der Waals surface area contributed by atoms with E-state index in [0.717, 1.165) is 62.3 Å². The monoisotopic (exact) mass is 406 g/mol. The van der Waals surface area contributed by atoms with Crippen molar-refractivity contribution >= 4 is 28.2 Å². The van der Waals surface area contributed by atoms with Crippen molar-refractivity contribution in [3.8, 4) is 11.5 Å². The van der Waals surface area contributed by atoms with Gasteiger partial charge in [-0.1, -0.05) is 34.3 Å². The van der Waals surface area contributed by atoms with Gasteiger partial charge >= 0.3 is 0 Å². The topological polar surface area (TPSA) is 82.3 Å². The number of benzene rings is 1. The van der Waals surface area contributed by atoms with Crippen molar-refractivity contribution < 1.29 is 14.0 Å². The third-order valence-electron chi connectivity index (χ3n) is 4.07. The zero-order chi connectivity index (χ0) is 19.2. The number of aryl methyl sites for hydroxylation is 2. The van der Waals surface area contributed by atoms with Crippen LogP contribution in [-0.4, -0.2) is 36.1 Å². The van der Waals surface area contributed by atoms with Crippen LogP contribution in [0, 0.1) is 13.8 Å². The predicted octanol–water partition coefficient (Wildman–Crippen LogP) is 4.11. The summed E-state index contributed by atoms with van der Waals surface area (Å²) >= 11 is 3.19. The standard InChI is InChI=1S/C18H22N4O3S2/c1-11-14(12(2)25-22-11)10-26-18-21-20-17(27-18)19-8-7-13-5-6-15(23-3)16(9-13)24-4/h5-6,9H,7-8,10H2,1-4H3,(H,19,20). The first-order chi connectivity index (χ1) is 13.1. The number of methoxy groups -OCH3 is 2. The van der Waals surface area contributed by atoms with E-state index in [1.807, 2.05) is 32.0 Å². The molecule has 27 heavy (non-hydrogen) atoms. The van der Waals surface area contributed by atoms with Crippen LogP contribution in [0.4, 0.5) is 5.13 Å². The molecule has 2 aromatic heterocycles. The quantitative estimate of drug-likeness (QED) is 0.532. The Morgan fingerprint density at radius 3 is 2.67 bits per heavy atom. The number of rotatable bonds is 9. The van der Waals surface area contributed by atoms with Gasteiger partial charge < -0.3 is 19.3 Å². The number of hydrogen-bond donors (Lipinski definition) is 1. The van der Waals surface area contributed by atoms with E-state index < -0.39 is 0 Å². The van der Waals surface area contributed by atoms with Gasteiger partial charge in [0.1, 0.15) is 5.76 Å². The van der Waals surface area contributed by atoms with Crippen molar-refractivity contribution in [1.29, 1.82) is 0 Å². The van der Waals surface area contributed by atoms with Crippen LogP contribution in [0.1, 0.15) is 22.6 Å². The fourth-order valence-electron chi connectivity index (χ4n) is 2.53. The fraction of sp³-hybridized carbons (Fsp3) is 0.389. The average Bonchev–Trinajstić information content (AvgIpc) is 3.26. The molecular weight excluding hydrogens is 384 g/mol. The zero-order valence-corrected chi connectivity index (χ0v) is 17.4. The molecule has 0 aliphatic carbocycles. The van der Waals surface area contributed by atoms with E-state index in [4.69, 9.17) is 14.0 Å². The van der Waals surface area contributed by atoms with Crippen molar-refractivity contribution in [3.63, 3.8) is 0 Å². The van der Waals surface area contributed by atoms with E-state index in [2.05, 4.69) is 20.7 Å². The lowest BCUT2D eigenvalue weighted by Gasteiger charge is -2.09. The second-order valence-corrected chi connectivity index (χ2v) is 8.03. The minimum Gasteiger partial charge on any atom is -0.493 e. The molecule has 2 heterocycles. The van der Waals surface area contributed by atoms with Crippen LogP contribution in [0.15, 0.2) is 27.1 Å². The Bertz CT molecular complexity index is 875. The van der Waals surface area contributed by atoms with Gasteiger partial charge in [-0.25, -0.2) is 0 Å². The predicted molar refractivity (Wildman–Crippen MR) is 107 cm³/mol. The summed E-state index contributed by atoms with van der Waals surface area (Å²) in [5.74, 6) is 3.11. The van der Waals surface area contributed by atoms with Crippen LogP contribution in [-0.2, 0) is 12.2 Å². The minimum atomic E-state index is 0.735. The lowest BCUT2D eigenvalue weighted by Crippen LogP contribution is -2.04. The normalized spacial score (nSPS) is 10.8. The third-order valence-corrected chi connectivity index (χ3v) is 6.11. The van der Waals surface area contributed by atoms with Crippen LogP contribution in [0.2, 0.25) is 0 Å². The maximum absolute atomic E-state index is 5.34. The summed E-state index contributed by atoms with van der Waals surface area (Å²) in [5.41, 5.74) is 3.22. The van der Waals surface area contributed by atoms with Gasteiger partial charge in [0.05, 0.1) is 19.9 Å². The van der Waals surface area contributed by atoms with Gasteiger partial charge in [-0.15, -0.1) is 10.2 Å². The van der Waals surface area contributed by atoms with E-state index in [0.29, 0.717) is 0 Å². The van der Waals surface area contributed by atoms with E-state index in [1.165, 1.54) is 0 Å². The Morgan fingerprint density at radius 1 is 1.15 bits per heavy atom. The molecule has 0 saturated carbocycles. The molecule has 0 bridgehead atoms. The Morgan fingerprint density at radius 2 is 1.96 bits per heavy atom. The molecule has 0 aliphatic heterocycles. The maximum Gasteiger partial charge on any atom is 0.206 e. The Labute approximate surface area is 166 Å². The number of aromatic nitrogens is 3. The summed E-state index contributed by atoms with van der Waals surface area (Å²) < 4.78 is 16.7. The van der Waals surface area contributed by atoms with Gasteiger partial charge in [0, 0.05) is 17.9 Å². The average molecular weight is 407 g/mol. The maximum atomic E-state index is 5.34. The van der Waals surface area contributed by atoms with Gasteiger partial charge in [0.15, 0.2) is 15.8 Å². The number of nitrogens with one attached hydrogen (secondary N) is 1. The molecule has 0 radical (unpaired) electrons. The van der Waals surface area contributed by atoms with Gasteiger partial charge in [0.2, 0.25) is 5.13 Å². The first kappa shape index (κ1) is 19.5. The lowest BCUT2D eigenvalue weighted by molar-refractivity contribution is 0.354. The largest absolute Gasteiger partial charge is 0.493 e. The Balaban J connectivity index is 1.50. The number of thioether (sulfide) groups is 1. The first-order valence-electron chi connectivity index (χ1n) is 8.43. The van der Waals surface area contributed by atoms with Gasteiger partial charge in [-0.2, -0.15) is 0 Å². The smallest absolute Gasteiger partial charge is 0.206 e. The summed E-state index contributed by atoms with van der Waals surface area (Å²) in [7, 11) is 3.28. The fourth-order valence-corrected chi connectivity index (χ4v) is 4.46. The van der Waals surface area contributed by atoms with E-state index in [-0.39, 0.29) is 0 Å². The summed E-state index contributed by atoms with van der Waals surface area (Å²) in [4.78, 5) is 0. The van der Waals surface area contributed by atoms with Crippen molar-refractivity contribution in [1.82, 2.24) is 15.4 Å². The molecule has 0 atom stereocenters. The number of hydrogen-bond acceptors (Lipinski definition) is 9. The van der Waals surface area contributed by atoms with E-state index in [9.17, 15) is 0 Å². The second-order valence-electron chi connectivity index (χ2n) is 5.83. The molecule has 0 fully saturated rings. The Hall–Kier alpha value is -2.26.